The summed E-state index contributed by atoms with van der Waals surface area (Å²) in [5.41, 5.74) is 2.19. The Morgan fingerprint density at radius 2 is 1.75 bits per heavy atom. The molecule has 110 valence electrons. The lowest BCUT2D eigenvalue weighted by molar-refractivity contribution is 0.0572. The summed E-state index contributed by atoms with van der Waals surface area (Å²) < 4.78 is 0. The second-order valence-electron chi connectivity index (χ2n) is 6.91. The third-order valence-electron chi connectivity index (χ3n) is 4.24. The fourth-order valence-corrected chi connectivity index (χ4v) is 2.53. The molecule has 1 atom stereocenters. The van der Waals surface area contributed by atoms with Crippen molar-refractivity contribution in [3.63, 3.8) is 0 Å². The molecule has 1 aliphatic heterocycles. The summed E-state index contributed by atoms with van der Waals surface area (Å²) in [5, 5.41) is 0. The van der Waals surface area contributed by atoms with Gasteiger partial charge in [-0.15, -0.1) is 0 Å². The number of hydrogen-bond acceptors (Lipinski definition) is 2. The highest BCUT2D eigenvalue weighted by Crippen LogP contribution is 2.22. The molecule has 3 heteroatoms. The number of piperazine rings is 1. The number of amides is 1. The maximum Gasteiger partial charge on any atom is 0.253 e. The molecule has 1 fully saturated rings. The number of rotatable bonds is 1. The lowest BCUT2D eigenvalue weighted by Crippen LogP contribution is -2.52. The van der Waals surface area contributed by atoms with E-state index in [0.717, 1.165) is 25.2 Å². The van der Waals surface area contributed by atoms with Crippen LogP contribution < -0.4 is 0 Å². The zero-order chi connectivity index (χ0) is 14.9. The molecule has 1 aliphatic rings. The maximum atomic E-state index is 12.5. The summed E-state index contributed by atoms with van der Waals surface area (Å²) in [7, 11) is 2.12. The Balaban J connectivity index is 2.10. The van der Waals surface area contributed by atoms with Crippen LogP contribution in [-0.4, -0.2) is 48.4 Å². The smallest absolute Gasteiger partial charge is 0.253 e. The van der Waals surface area contributed by atoms with E-state index in [2.05, 4.69) is 51.8 Å². The van der Waals surface area contributed by atoms with E-state index in [-0.39, 0.29) is 11.3 Å². The van der Waals surface area contributed by atoms with Gasteiger partial charge in [-0.25, -0.2) is 0 Å². The Morgan fingerprint density at radius 3 is 2.25 bits per heavy atom. The van der Waals surface area contributed by atoms with Crippen LogP contribution in [0.3, 0.4) is 0 Å². The van der Waals surface area contributed by atoms with Crippen LogP contribution in [0.25, 0.3) is 0 Å². The van der Waals surface area contributed by atoms with Crippen LogP contribution in [0, 0.1) is 0 Å². The molecule has 3 nitrogen and oxygen atoms in total. The Bertz CT molecular complexity index is 473. The average Bonchev–Trinajstić information content (AvgIpc) is 2.40. The summed E-state index contributed by atoms with van der Waals surface area (Å²) in [6, 6.07) is 8.51. The second-order valence-corrected chi connectivity index (χ2v) is 6.91. The monoisotopic (exact) mass is 274 g/mol. The number of hydrogen-bond donors (Lipinski definition) is 0. The van der Waals surface area contributed by atoms with Crippen molar-refractivity contribution < 1.29 is 4.79 Å². The van der Waals surface area contributed by atoms with E-state index in [1.807, 2.05) is 17.0 Å². The normalized spacial score (nSPS) is 21.1. The van der Waals surface area contributed by atoms with Crippen molar-refractivity contribution in [3.8, 4) is 0 Å². The maximum absolute atomic E-state index is 12.5. The largest absolute Gasteiger partial charge is 0.336 e. The molecule has 1 amide bonds. The lowest BCUT2D eigenvalue weighted by Gasteiger charge is -2.37. The summed E-state index contributed by atoms with van der Waals surface area (Å²) in [6.07, 6.45) is 0. The highest BCUT2D eigenvalue weighted by molar-refractivity contribution is 5.94. The van der Waals surface area contributed by atoms with Crippen LogP contribution in [0.2, 0.25) is 0 Å². The summed E-state index contributed by atoms with van der Waals surface area (Å²) in [6.45, 7) is 11.3. The zero-order valence-electron chi connectivity index (χ0n) is 13.3. The third kappa shape index (κ3) is 3.21. The Hall–Kier alpha value is -1.35. The average molecular weight is 274 g/mol. The first-order valence-corrected chi connectivity index (χ1v) is 7.39. The first-order chi connectivity index (χ1) is 9.29. The van der Waals surface area contributed by atoms with E-state index >= 15 is 0 Å². The summed E-state index contributed by atoms with van der Waals surface area (Å²) in [4.78, 5) is 16.8. The van der Waals surface area contributed by atoms with Crippen molar-refractivity contribution >= 4 is 5.91 Å². The fraction of sp³-hybridized carbons (Fsp3) is 0.588. The van der Waals surface area contributed by atoms with Crippen LogP contribution in [0.5, 0.6) is 0 Å². The number of benzene rings is 1. The van der Waals surface area contributed by atoms with Gasteiger partial charge in [-0.1, -0.05) is 32.9 Å². The molecule has 0 N–H and O–H groups in total. The molecule has 0 saturated carbocycles. The minimum atomic E-state index is 0.129. The minimum Gasteiger partial charge on any atom is -0.336 e. The first kappa shape index (κ1) is 15.0. The minimum absolute atomic E-state index is 0.129. The Morgan fingerprint density at radius 1 is 1.15 bits per heavy atom. The highest BCUT2D eigenvalue weighted by atomic mass is 16.2. The molecule has 0 radical (unpaired) electrons. The summed E-state index contributed by atoms with van der Waals surface area (Å²) in [5.74, 6) is 0.158. The van der Waals surface area contributed by atoms with E-state index in [0.29, 0.717) is 6.04 Å². The molecular weight excluding hydrogens is 248 g/mol. The Labute approximate surface area is 122 Å². The van der Waals surface area contributed by atoms with Crippen molar-refractivity contribution in [1.29, 1.82) is 0 Å². The van der Waals surface area contributed by atoms with Crippen LogP contribution in [0.4, 0.5) is 0 Å². The molecule has 2 rings (SSSR count). The first-order valence-electron chi connectivity index (χ1n) is 7.39. The van der Waals surface area contributed by atoms with E-state index in [4.69, 9.17) is 0 Å². The van der Waals surface area contributed by atoms with Crippen molar-refractivity contribution in [2.24, 2.45) is 0 Å². The Kier molecular flexibility index (Phi) is 4.19. The molecule has 1 aromatic rings. The van der Waals surface area contributed by atoms with E-state index in [1.54, 1.807) is 0 Å². The fourth-order valence-electron chi connectivity index (χ4n) is 2.53. The van der Waals surface area contributed by atoms with Gasteiger partial charge in [0.2, 0.25) is 0 Å². The van der Waals surface area contributed by atoms with Gasteiger partial charge in [0, 0.05) is 31.2 Å². The molecule has 1 unspecified atom stereocenters. The number of carbonyl (C=O) groups excluding carboxylic acids is 1. The standard InChI is InChI=1S/C17H26N2O/c1-13-12-19(11-10-18(13)5)16(20)14-6-8-15(9-7-14)17(2,3)4/h6-9,13H,10-12H2,1-5H3. The van der Waals surface area contributed by atoms with E-state index in [9.17, 15) is 4.79 Å². The van der Waals surface area contributed by atoms with Gasteiger partial charge >= 0.3 is 0 Å². The van der Waals surface area contributed by atoms with Gasteiger partial charge in [-0.05, 0) is 37.1 Å². The van der Waals surface area contributed by atoms with Crippen LogP contribution in [-0.2, 0) is 5.41 Å². The van der Waals surface area contributed by atoms with E-state index in [1.165, 1.54) is 5.56 Å². The van der Waals surface area contributed by atoms with Gasteiger partial charge in [-0.2, -0.15) is 0 Å². The quantitative estimate of drug-likeness (QED) is 0.786. The second kappa shape index (κ2) is 5.57. The van der Waals surface area contributed by atoms with Crippen LogP contribution >= 0.6 is 0 Å². The van der Waals surface area contributed by atoms with Crippen molar-refractivity contribution in [2.75, 3.05) is 26.7 Å². The molecule has 0 bridgehead atoms. The van der Waals surface area contributed by atoms with Crippen LogP contribution in [0.15, 0.2) is 24.3 Å². The van der Waals surface area contributed by atoms with Gasteiger partial charge in [0.1, 0.15) is 0 Å². The zero-order valence-corrected chi connectivity index (χ0v) is 13.3. The molecule has 1 heterocycles. The number of nitrogens with zero attached hydrogens (tertiary/aromatic N) is 2. The summed E-state index contributed by atoms with van der Waals surface area (Å²) >= 11 is 0. The predicted octanol–water partition coefficient (Wildman–Crippen LogP) is 2.76. The number of carbonyl (C=O) groups is 1. The SMILES string of the molecule is CC1CN(C(=O)c2ccc(C(C)(C)C)cc2)CCN1C. The molecule has 1 saturated heterocycles. The van der Waals surface area contributed by atoms with Crippen molar-refractivity contribution in [1.82, 2.24) is 9.80 Å². The lowest BCUT2D eigenvalue weighted by atomic mass is 9.86. The molecule has 0 spiro atoms. The molecule has 0 aliphatic carbocycles. The van der Waals surface area contributed by atoms with Gasteiger partial charge < -0.3 is 9.80 Å². The van der Waals surface area contributed by atoms with E-state index < -0.39 is 0 Å². The molecule has 1 aromatic carbocycles. The van der Waals surface area contributed by atoms with Crippen molar-refractivity contribution in [3.05, 3.63) is 35.4 Å². The van der Waals surface area contributed by atoms with Gasteiger partial charge in [0.15, 0.2) is 0 Å². The van der Waals surface area contributed by atoms with Gasteiger partial charge in [0.25, 0.3) is 5.91 Å². The highest BCUT2D eigenvalue weighted by Gasteiger charge is 2.25. The van der Waals surface area contributed by atoms with Crippen molar-refractivity contribution in [2.45, 2.75) is 39.2 Å². The van der Waals surface area contributed by atoms with Crippen LogP contribution in [0.1, 0.15) is 43.6 Å². The third-order valence-corrected chi connectivity index (χ3v) is 4.24. The van der Waals surface area contributed by atoms with Gasteiger partial charge in [-0.3, -0.25) is 4.79 Å². The molecule has 20 heavy (non-hydrogen) atoms. The number of likely N-dealkylation sites (N-methyl/N-ethyl adjacent to an activating group) is 1. The molecule has 0 aromatic heterocycles. The topological polar surface area (TPSA) is 23.6 Å². The predicted molar refractivity (Wildman–Crippen MR) is 83.1 cm³/mol. The molecular formula is C17H26N2O. The van der Waals surface area contributed by atoms with Gasteiger partial charge in [0.05, 0.1) is 0 Å².